The van der Waals surface area contributed by atoms with Gasteiger partial charge in [0, 0.05) is 12.1 Å². The van der Waals surface area contributed by atoms with Gasteiger partial charge in [-0.05, 0) is 23.3 Å². The summed E-state index contributed by atoms with van der Waals surface area (Å²) in [4.78, 5) is 0. The van der Waals surface area contributed by atoms with Crippen molar-refractivity contribution in [1.29, 1.82) is 0 Å². The summed E-state index contributed by atoms with van der Waals surface area (Å²) in [6, 6.07) is 14.9. The molecule has 0 bridgehead atoms. The van der Waals surface area contributed by atoms with Gasteiger partial charge in [-0.1, -0.05) is 36.4 Å². The van der Waals surface area contributed by atoms with Gasteiger partial charge in [0.15, 0.2) is 0 Å². The van der Waals surface area contributed by atoms with Crippen LogP contribution in [0.1, 0.15) is 5.56 Å². The number of hydrogen-bond acceptors (Lipinski definition) is 1. The molecule has 0 saturated heterocycles. The van der Waals surface area contributed by atoms with Gasteiger partial charge in [0.25, 0.3) is 0 Å². The molecule has 76 valence electrons. The van der Waals surface area contributed by atoms with Gasteiger partial charge in [-0.2, -0.15) is 0 Å². The van der Waals surface area contributed by atoms with Crippen LogP contribution in [0.5, 0.6) is 0 Å². The maximum Gasteiger partial charge on any atom is 0.127 e. The second-order valence-electron chi connectivity index (χ2n) is 3.38. The molecule has 0 heterocycles. The Morgan fingerprint density at radius 3 is 2.33 bits per heavy atom. The summed E-state index contributed by atoms with van der Waals surface area (Å²) in [6.45, 7) is 0.229. The Balaban J connectivity index is 2.46. The van der Waals surface area contributed by atoms with Crippen molar-refractivity contribution in [2.24, 2.45) is 5.73 Å². The molecular formula is C13H12FN. The highest BCUT2D eigenvalue weighted by atomic mass is 19.1. The first-order valence-electron chi connectivity index (χ1n) is 4.85. The molecule has 0 aliphatic carbocycles. The Hall–Kier alpha value is -1.67. The second kappa shape index (κ2) is 4.24. The van der Waals surface area contributed by atoms with Crippen LogP contribution in [0.4, 0.5) is 4.39 Å². The summed E-state index contributed by atoms with van der Waals surface area (Å²) < 4.78 is 13.2. The van der Waals surface area contributed by atoms with Crippen molar-refractivity contribution in [1.82, 2.24) is 0 Å². The fraction of sp³-hybridized carbons (Fsp3) is 0.0769. The lowest BCUT2D eigenvalue weighted by atomic mass is 10.0. The van der Waals surface area contributed by atoms with E-state index in [0.29, 0.717) is 5.56 Å². The summed E-state index contributed by atoms with van der Waals surface area (Å²) in [6.07, 6.45) is 0. The van der Waals surface area contributed by atoms with E-state index in [1.807, 2.05) is 30.3 Å². The Kier molecular flexibility index (Phi) is 2.79. The van der Waals surface area contributed by atoms with Crippen LogP contribution in [0.3, 0.4) is 0 Å². The highest BCUT2D eigenvalue weighted by Crippen LogP contribution is 2.21. The van der Waals surface area contributed by atoms with E-state index in [0.717, 1.165) is 11.1 Å². The van der Waals surface area contributed by atoms with Gasteiger partial charge in [-0.3, -0.25) is 0 Å². The van der Waals surface area contributed by atoms with Crippen LogP contribution in [0.2, 0.25) is 0 Å². The Morgan fingerprint density at radius 1 is 0.933 bits per heavy atom. The second-order valence-corrected chi connectivity index (χ2v) is 3.38. The Bertz CT molecular complexity index is 451. The van der Waals surface area contributed by atoms with E-state index < -0.39 is 0 Å². The third kappa shape index (κ3) is 2.05. The van der Waals surface area contributed by atoms with Crippen molar-refractivity contribution in [3.8, 4) is 11.1 Å². The van der Waals surface area contributed by atoms with E-state index >= 15 is 0 Å². The number of nitrogens with two attached hydrogens (primary N) is 1. The van der Waals surface area contributed by atoms with Gasteiger partial charge < -0.3 is 5.73 Å². The molecule has 0 radical (unpaired) electrons. The maximum atomic E-state index is 13.2. The predicted molar refractivity (Wildman–Crippen MR) is 59.7 cm³/mol. The minimum atomic E-state index is -0.239. The third-order valence-corrected chi connectivity index (χ3v) is 2.37. The summed E-state index contributed by atoms with van der Waals surface area (Å²) >= 11 is 0. The molecule has 0 aliphatic rings. The van der Waals surface area contributed by atoms with Crippen molar-refractivity contribution in [3.63, 3.8) is 0 Å². The Labute approximate surface area is 88.4 Å². The lowest BCUT2D eigenvalue weighted by Crippen LogP contribution is -1.99. The molecule has 0 aromatic heterocycles. The summed E-state index contributed by atoms with van der Waals surface area (Å²) in [7, 11) is 0. The highest BCUT2D eigenvalue weighted by Gasteiger charge is 2.02. The molecule has 0 aliphatic heterocycles. The molecule has 1 nitrogen and oxygen atoms in total. The summed E-state index contributed by atoms with van der Waals surface area (Å²) in [5.41, 5.74) is 8.08. The van der Waals surface area contributed by atoms with Crippen molar-refractivity contribution < 1.29 is 4.39 Å². The maximum absolute atomic E-state index is 13.2. The lowest BCUT2D eigenvalue weighted by Gasteiger charge is -2.04. The smallest absolute Gasteiger partial charge is 0.127 e. The van der Waals surface area contributed by atoms with E-state index in [4.69, 9.17) is 5.73 Å². The van der Waals surface area contributed by atoms with E-state index in [9.17, 15) is 4.39 Å². The molecule has 0 atom stereocenters. The number of halogens is 1. The first-order valence-corrected chi connectivity index (χ1v) is 4.85. The molecule has 0 fully saturated rings. The van der Waals surface area contributed by atoms with Crippen molar-refractivity contribution >= 4 is 0 Å². The quantitative estimate of drug-likeness (QED) is 0.794. The molecule has 2 heteroatoms. The van der Waals surface area contributed by atoms with Crippen LogP contribution in [0, 0.1) is 5.82 Å². The number of benzene rings is 2. The first-order chi connectivity index (χ1) is 7.31. The zero-order chi connectivity index (χ0) is 10.7. The van der Waals surface area contributed by atoms with Gasteiger partial charge in [0.05, 0.1) is 0 Å². The highest BCUT2D eigenvalue weighted by molar-refractivity contribution is 5.64. The lowest BCUT2D eigenvalue weighted by molar-refractivity contribution is 0.611. The van der Waals surface area contributed by atoms with Crippen LogP contribution in [-0.4, -0.2) is 0 Å². The van der Waals surface area contributed by atoms with E-state index in [2.05, 4.69) is 0 Å². The molecule has 2 rings (SSSR count). The van der Waals surface area contributed by atoms with Crippen LogP contribution < -0.4 is 5.73 Å². The fourth-order valence-corrected chi connectivity index (χ4v) is 1.54. The molecule has 0 amide bonds. The van der Waals surface area contributed by atoms with E-state index in [1.54, 1.807) is 12.1 Å². The van der Waals surface area contributed by atoms with Gasteiger partial charge in [-0.25, -0.2) is 4.39 Å². The van der Waals surface area contributed by atoms with Crippen LogP contribution in [0.25, 0.3) is 11.1 Å². The van der Waals surface area contributed by atoms with Crippen molar-refractivity contribution in [2.75, 3.05) is 0 Å². The number of rotatable bonds is 2. The third-order valence-electron chi connectivity index (χ3n) is 2.37. The minimum absolute atomic E-state index is 0.229. The SMILES string of the molecule is NCc1cc(-c2ccccc2)ccc1F. The predicted octanol–water partition coefficient (Wildman–Crippen LogP) is 2.95. The molecule has 2 aromatic rings. The molecule has 0 saturated carbocycles. The number of hydrogen-bond donors (Lipinski definition) is 1. The van der Waals surface area contributed by atoms with Crippen LogP contribution in [-0.2, 0) is 6.54 Å². The van der Waals surface area contributed by atoms with E-state index in [-0.39, 0.29) is 12.4 Å². The average molecular weight is 201 g/mol. The standard InChI is InChI=1S/C13H12FN/c14-13-7-6-11(8-12(13)9-15)10-4-2-1-3-5-10/h1-8H,9,15H2. The summed E-state index contributed by atoms with van der Waals surface area (Å²) in [5.74, 6) is -0.239. The molecule has 2 aromatic carbocycles. The van der Waals surface area contributed by atoms with Crippen LogP contribution in [0.15, 0.2) is 48.5 Å². The molecule has 0 unspecified atom stereocenters. The average Bonchev–Trinajstić information content (AvgIpc) is 2.31. The Morgan fingerprint density at radius 2 is 1.67 bits per heavy atom. The normalized spacial score (nSPS) is 10.3. The molecule has 2 N–H and O–H groups in total. The largest absolute Gasteiger partial charge is 0.326 e. The molecule has 15 heavy (non-hydrogen) atoms. The van der Waals surface area contributed by atoms with Crippen LogP contribution >= 0.6 is 0 Å². The van der Waals surface area contributed by atoms with E-state index in [1.165, 1.54) is 6.07 Å². The first kappa shape index (κ1) is 9.87. The van der Waals surface area contributed by atoms with Gasteiger partial charge in [-0.15, -0.1) is 0 Å². The minimum Gasteiger partial charge on any atom is -0.326 e. The van der Waals surface area contributed by atoms with Gasteiger partial charge >= 0.3 is 0 Å². The molecule has 0 spiro atoms. The zero-order valence-corrected chi connectivity index (χ0v) is 8.28. The monoisotopic (exact) mass is 201 g/mol. The molecular weight excluding hydrogens is 189 g/mol. The van der Waals surface area contributed by atoms with Crippen molar-refractivity contribution in [3.05, 3.63) is 59.9 Å². The van der Waals surface area contributed by atoms with Gasteiger partial charge in [0.2, 0.25) is 0 Å². The van der Waals surface area contributed by atoms with Crippen molar-refractivity contribution in [2.45, 2.75) is 6.54 Å². The fourth-order valence-electron chi connectivity index (χ4n) is 1.54. The topological polar surface area (TPSA) is 26.0 Å². The summed E-state index contributed by atoms with van der Waals surface area (Å²) in [5, 5.41) is 0. The zero-order valence-electron chi connectivity index (χ0n) is 8.28. The van der Waals surface area contributed by atoms with Gasteiger partial charge in [0.1, 0.15) is 5.82 Å².